The molecule has 11 heavy (non-hydrogen) atoms. The van der Waals surface area contributed by atoms with Crippen LogP contribution < -0.4 is 0 Å². The van der Waals surface area contributed by atoms with Crippen molar-refractivity contribution in [1.82, 2.24) is 0 Å². The van der Waals surface area contributed by atoms with Gasteiger partial charge in [-0.05, 0) is 19.4 Å². The molecular weight excluding hydrogens is 154 g/mol. The lowest BCUT2D eigenvalue weighted by molar-refractivity contribution is 0.708. The number of rotatable bonds is 2. The van der Waals surface area contributed by atoms with E-state index in [-0.39, 0.29) is 0 Å². The van der Waals surface area contributed by atoms with Crippen molar-refractivity contribution in [2.24, 2.45) is 10.3 Å². The first-order valence-corrected chi connectivity index (χ1v) is 5.77. The largest absolute Gasteiger partial charge is 0.141 e. The third-order valence-electron chi connectivity index (χ3n) is 1.94. The topological polar surface area (TPSA) is 12.4 Å². The lowest BCUT2D eigenvalue weighted by Gasteiger charge is -2.04. The van der Waals surface area contributed by atoms with Crippen LogP contribution in [0.25, 0.3) is 0 Å². The zero-order chi connectivity index (χ0) is 8.10. The Morgan fingerprint density at radius 3 is 3.00 bits per heavy atom. The van der Waals surface area contributed by atoms with Crippen LogP contribution in [0.3, 0.4) is 0 Å². The molecule has 0 aromatic rings. The van der Waals surface area contributed by atoms with Gasteiger partial charge in [0.2, 0.25) is 0 Å². The maximum Gasteiger partial charge on any atom is 0.141 e. The minimum absolute atomic E-state index is 0.308. The van der Waals surface area contributed by atoms with Gasteiger partial charge in [-0.3, -0.25) is 0 Å². The van der Waals surface area contributed by atoms with Crippen LogP contribution in [0.4, 0.5) is 0 Å². The van der Waals surface area contributed by atoms with Gasteiger partial charge in [-0.1, -0.05) is 17.4 Å². The second-order valence-corrected chi connectivity index (χ2v) is 4.77. The number of hydrogen-bond acceptors (Lipinski definition) is 1. The summed E-state index contributed by atoms with van der Waals surface area (Å²) in [6, 6.07) is 0. The molecule has 1 aliphatic heterocycles. The molecule has 2 heteroatoms. The molecule has 2 atom stereocenters. The molecule has 62 valence electrons. The van der Waals surface area contributed by atoms with E-state index < -0.39 is 0 Å². The molecule has 0 bridgehead atoms. The molecule has 0 saturated heterocycles. The summed E-state index contributed by atoms with van der Waals surface area (Å²) in [6.45, 7) is 4.47. The van der Waals surface area contributed by atoms with Crippen LogP contribution in [0.15, 0.2) is 16.5 Å². The molecule has 1 heterocycles. The lowest BCUT2D eigenvalue weighted by atomic mass is 10.1. The maximum atomic E-state index is 4.46. The molecule has 0 aromatic heterocycles. The monoisotopic (exact) mass is 170 g/mol. The minimum Gasteiger partial charge on any atom is -0.0750 e. The second kappa shape index (κ2) is 4.60. The first-order chi connectivity index (χ1) is 5.36. The van der Waals surface area contributed by atoms with Crippen LogP contribution in [-0.4, -0.2) is 17.7 Å². The van der Waals surface area contributed by atoms with Gasteiger partial charge >= 0.3 is 0 Å². The van der Waals surface area contributed by atoms with Gasteiger partial charge in [0.1, 0.15) is 22.6 Å². The first-order valence-electron chi connectivity index (χ1n) is 4.25. The number of hydrogen-bond donors (Lipinski definition) is 0. The van der Waals surface area contributed by atoms with Gasteiger partial charge in [-0.2, -0.15) is 0 Å². The first kappa shape index (κ1) is 8.85. The van der Waals surface area contributed by atoms with Gasteiger partial charge < -0.3 is 0 Å². The van der Waals surface area contributed by atoms with Crippen molar-refractivity contribution < 1.29 is 0 Å². The lowest BCUT2D eigenvalue weighted by Crippen LogP contribution is -2.13. The van der Waals surface area contributed by atoms with Gasteiger partial charge in [0.15, 0.2) is 0 Å². The average molecular weight is 170 g/mol. The molecule has 0 spiro atoms. The highest BCUT2D eigenvalue weighted by Gasteiger charge is 2.20. The van der Waals surface area contributed by atoms with Crippen LogP contribution in [-0.2, 0) is 11.1 Å². The van der Waals surface area contributed by atoms with Crippen molar-refractivity contribution in [3.05, 3.63) is 12.2 Å². The quantitative estimate of drug-likeness (QED) is 0.563. The van der Waals surface area contributed by atoms with Crippen LogP contribution in [0, 0.1) is 5.92 Å². The summed E-state index contributed by atoms with van der Waals surface area (Å²) in [4.78, 5) is 0. The molecule has 0 N–H and O–H groups in total. The molecule has 2 unspecified atom stereocenters. The van der Waals surface area contributed by atoms with Crippen LogP contribution in [0.5, 0.6) is 0 Å². The van der Waals surface area contributed by atoms with Crippen LogP contribution in [0.2, 0.25) is 0 Å². The maximum absolute atomic E-state index is 4.46. The van der Waals surface area contributed by atoms with Gasteiger partial charge in [0, 0.05) is 5.92 Å². The van der Waals surface area contributed by atoms with E-state index in [1.54, 1.807) is 0 Å². The number of allylic oxidation sites excluding steroid dienone is 2. The Labute approximate surface area is 72.1 Å². The van der Waals surface area contributed by atoms with Crippen molar-refractivity contribution in [1.29, 1.82) is 0 Å². The molecule has 0 aliphatic carbocycles. The Morgan fingerprint density at radius 2 is 2.36 bits per heavy atom. The van der Waals surface area contributed by atoms with Gasteiger partial charge in [0.05, 0.1) is 6.21 Å². The van der Waals surface area contributed by atoms with Crippen molar-refractivity contribution in [2.45, 2.75) is 20.3 Å². The fourth-order valence-corrected chi connectivity index (χ4v) is 2.67. The van der Waals surface area contributed by atoms with Crippen molar-refractivity contribution in [3.8, 4) is 0 Å². The van der Waals surface area contributed by atoms with Gasteiger partial charge in [0.25, 0.3) is 0 Å². The van der Waals surface area contributed by atoms with Crippen molar-refractivity contribution in [3.63, 3.8) is 0 Å². The van der Waals surface area contributed by atoms with Gasteiger partial charge in [-0.25, -0.2) is 0 Å². The summed E-state index contributed by atoms with van der Waals surface area (Å²) in [5, 5.41) is 0. The molecule has 1 rings (SSSR count). The van der Waals surface area contributed by atoms with E-state index in [4.69, 9.17) is 0 Å². The van der Waals surface area contributed by atoms with Gasteiger partial charge in [-0.15, -0.1) is 0 Å². The van der Waals surface area contributed by atoms with E-state index in [1.165, 1.54) is 17.9 Å². The Bertz CT molecular complexity index is 145. The van der Waals surface area contributed by atoms with Crippen LogP contribution in [0.1, 0.15) is 20.3 Å². The summed E-state index contributed by atoms with van der Waals surface area (Å²) in [6.07, 6.45) is 7.59. The summed E-state index contributed by atoms with van der Waals surface area (Å²) < 4.78 is 4.46. The Morgan fingerprint density at radius 1 is 1.55 bits per heavy atom. The highest BCUT2D eigenvalue weighted by Crippen LogP contribution is 2.13. The van der Waals surface area contributed by atoms with E-state index in [2.05, 4.69) is 30.4 Å². The zero-order valence-corrected chi connectivity index (χ0v) is 8.10. The Kier molecular flexibility index (Phi) is 3.70. The Balaban J connectivity index is 2.51. The molecule has 1 nitrogen and oxygen atoms in total. The third kappa shape index (κ3) is 2.70. The molecule has 0 amide bonds. The van der Waals surface area contributed by atoms with E-state index in [0.717, 1.165) is 5.92 Å². The highest BCUT2D eigenvalue weighted by molar-refractivity contribution is 7.95. The predicted molar refractivity (Wildman–Crippen MR) is 54.2 cm³/mol. The SMILES string of the molecule is CCC1C=CC=N[S+](CC)C1. The molecule has 0 radical (unpaired) electrons. The van der Waals surface area contributed by atoms with E-state index in [9.17, 15) is 0 Å². The summed E-state index contributed by atoms with van der Waals surface area (Å²) >= 11 is 0.308. The fraction of sp³-hybridized carbons (Fsp3) is 0.667. The van der Waals surface area contributed by atoms with Crippen molar-refractivity contribution >= 4 is 17.3 Å². The molecule has 0 aromatic carbocycles. The summed E-state index contributed by atoms with van der Waals surface area (Å²) in [5.41, 5.74) is 0. The highest BCUT2D eigenvalue weighted by atomic mass is 32.2. The fourth-order valence-electron chi connectivity index (χ4n) is 1.12. The molecular formula is C9H16NS+. The molecule has 0 saturated carbocycles. The third-order valence-corrected chi connectivity index (χ3v) is 3.84. The molecule has 1 aliphatic rings. The molecule has 0 fully saturated rings. The standard InChI is InChI=1S/C9H16NS/c1-3-9-6-5-7-10-11(4-2)8-9/h5-7,9H,3-4,8H2,1-2H3/q+1. The second-order valence-electron chi connectivity index (χ2n) is 2.73. The van der Waals surface area contributed by atoms with E-state index in [1.807, 2.05) is 6.21 Å². The summed E-state index contributed by atoms with van der Waals surface area (Å²) in [7, 11) is 0. The smallest absolute Gasteiger partial charge is 0.0750 e. The Hall–Kier alpha value is -0.240. The number of nitrogens with zero attached hydrogens (tertiary/aromatic N) is 1. The average Bonchev–Trinajstić information content (AvgIpc) is 2.28. The predicted octanol–water partition coefficient (Wildman–Crippen LogP) is 2.21. The van der Waals surface area contributed by atoms with Crippen LogP contribution >= 0.6 is 0 Å². The zero-order valence-electron chi connectivity index (χ0n) is 7.29. The normalized spacial score (nSPS) is 30.4. The van der Waals surface area contributed by atoms with E-state index >= 15 is 0 Å². The summed E-state index contributed by atoms with van der Waals surface area (Å²) in [5.74, 6) is 3.23. The minimum atomic E-state index is 0.308. The van der Waals surface area contributed by atoms with Crippen molar-refractivity contribution in [2.75, 3.05) is 11.5 Å². The van der Waals surface area contributed by atoms with E-state index in [0.29, 0.717) is 11.1 Å².